The predicted molar refractivity (Wildman–Crippen MR) is 125 cm³/mol. The molecule has 1 fully saturated rings. The van der Waals surface area contributed by atoms with Crippen LogP contribution in [0.3, 0.4) is 0 Å². The van der Waals surface area contributed by atoms with E-state index in [-0.39, 0.29) is 35.6 Å². The largest absolute Gasteiger partial charge is 0.465 e. The molecule has 180 valence electrons. The summed E-state index contributed by atoms with van der Waals surface area (Å²) >= 11 is 0. The van der Waals surface area contributed by atoms with Crippen molar-refractivity contribution in [2.45, 2.75) is 37.7 Å². The van der Waals surface area contributed by atoms with Gasteiger partial charge in [0, 0.05) is 24.9 Å². The summed E-state index contributed by atoms with van der Waals surface area (Å²) in [7, 11) is -2.80. The Morgan fingerprint density at radius 2 is 1.94 bits per heavy atom. The summed E-state index contributed by atoms with van der Waals surface area (Å²) in [6, 6.07) is 9.61. The number of methoxy groups -OCH3 is 1. The van der Waals surface area contributed by atoms with Gasteiger partial charge in [0.1, 0.15) is 0 Å². The molecule has 2 heterocycles. The monoisotopic (exact) mass is 484 g/mol. The molecule has 2 aromatic rings. The van der Waals surface area contributed by atoms with E-state index in [1.807, 2.05) is 32.1 Å². The molecule has 1 saturated heterocycles. The van der Waals surface area contributed by atoms with Crippen LogP contribution in [0.15, 0.2) is 46.3 Å². The van der Waals surface area contributed by atoms with Crippen LogP contribution in [-0.2, 0) is 24.3 Å². The second-order valence-electron chi connectivity index (χ2n) is 8.66. The van der Waals surface area contributed by atoms with Crippen molar-refractivity contribution in [2.24, 2.45) is 10.9 Å². The maximum absolute atomic E-state index is 13.7. The van der Waals surface area contributed by atoms with Crippen molar-refractivity contribution in [2.75, 3.05) is 26.8 Å². The van der Waals surface area contributed by atoms with E-state index in [0.717, 1.165) is 29.2 Å². The molecule has 2 unspecified atom stereocenters. The minimum atomic E-state index is -4.04. The molecule has 0 aliphatic carbocycles. The Labute approximate surface area is 198 Å². The molecule has 0 spiro atoms. The summed E-state index contributed by atoms with van der Waals surface area (Å²) in [6.07, 6.45) is 3.15. The van der Waals surface area contributed by atoms with Gasteiger partial charge in [-0.2, -0.15) is 4.31 Å². The lowest BCUT2D eigenvalue weighted by molar-refractivity contribution is -0.120. The minimum absolute atomic E-state index is 0.0407. The molecule has 2 aromatic carbocycles. The number of amides is 1. The van der Waals surface area contributed by atoms with Crippen LogP contribution in [0.5, 0.6) is 0 Å². The van der Waals surface area contributed by atoms with Crippen molar-refractivity contribution in [3.05, 3.63) is 63.7 Å². The van der Waals surface area contributed by atoms with Crippen molar-refractivity contribution < 1.29 is 27.5 Å². The van der Waals surface area contributed by atoms with Gasteiger partial charge in [-0.25, -0.2) is 18.2 Å². The Balaban J connectivity index is 1.72. The molecule has 2 aliphatic rings. The third kappa shape index (κ3) is 4.82. The summed E-state index contributed by atoms with van der Waals surface area (Å²) in [6.45, 7) is 4.45. The van der Waals surface area contributed by atoms with E-state index < -0.39 is 21.9 Å². The molecule has 2 atom stereocenters. The van der Waals surface area contributed by atoms with Crippen molar-refractivity contribution in [1.29, 1.82) is 0 Å². The number of aryl methyl sites for hydroxylation is 2. The number of fused-ring (bicyclic) bond motifs is 1. The highest BCUT2D eigenvalue weighted by Gasteiger charge is 2.33. The van der Waals surface area contributed by atoms with Gasteiger partial charge in [-0.3, -0.25) is 4.79 Å². The topological polar surface area (TPSA) is 102 Å². The van der Waals surface area contributed by atoms with Crippen molar-refractivity contribution in [3.63, 3.8) is 0 Å². The van der Waals surface area contributed by atoms with Crippen LogP contribution in [0.4, 0.5) is 0 Å². The van der Waals surface area contributed by atoms with Crippen LogP contribution in [0.2, 0.25) is 0 Å². The highest BCUT2D eigenvalue weighted by atomic mass is 32.2. The molecular weight excluding hydrogens is 456 g/mol. The third-order valence-corrected chi connectivity index (χ3v) is 8.10. The van der Waals surface area contributed by atoms with E-state index in [2.05, 4.69) is 4.99 Å². The van der Waals surface area contributed by atoms with Gasteiger partial charge >= 0.3 is 5.97 Å². The number of nitrogens with zero attached hydrogens (tertiary/aromatic N) is 2. The Bertz CT molecular complexity index is 1350. The van der Waals surface area contributed by atoms with Crippen molar-refractivity contribution in [3.8, 4) is 0 Å². The van der Waals surface area contributed by atoms with Crippen molar-refractivity contribution >= 4 is 28.0 Å². The summed E-state index contributed by atoms with van der Waals surface area (Å²) < 4.78 is 39.1. The molecule has 0 radical (unpaired) electrons. The highest BCUT2D eigenvalue weighted by Crippen LogP contribution is 2.23. The molecule has 0 saturated carbocycles. The van der Waals surface area contributed by atoms with E-state index in [1.54, 1.807) is 0 Å². The van der Waals surface area contributed by atoms with Crippen molar-refractivity contribution in [1.82, 2.24) is 4.31 Å². The number of carbonyl (C=O) groups excluding carboxylic acids is 2. The van der Waals surface area contributed by atoms with E-state index in [1.165, 1.54) is 35.7 Å². The van der Waals surface area contributed by atoms with Gasteiger partial charge in [-0.1, -0.05) is 24.3 Å². The smallest absolute Gasteiger partial charge is 0.337 e. The van der Waals surface area contributed by atoms with Crippen LogP contribution >= 0.6 is 0 Å². The average Bonchev–Trinajstić information content (AvgIpc) is 3.34. The first-order valence-corrected chi connectivity index (χ1v) is 12.7. The van der Waals surface area contributed by atoms with Gasteiger partial charge in [0.2, 0.25) is 10.0 Å². The fourth-order valence-electron chi connectivity index (χ4n) is 4.33. The van der Waals surface area contributed by atoms with Gasteiger partial charge < -0.3 is 9.47 Å². The Hall–Kier alpha value is -2.88. The van der Waals surface area contributed by atoms with Gasteiger partial charge in [0.05, 0.1) is 34.9 Å². The second kappa shape index (κ2) is 9.77. The number of sulfonamides is 1. The van der Waals surface area contributed by atoms with Gasteiger partial charge in [0.25, 0.3) is 5.91 Å². The number of esters is 1. The quantitative estimate of drug-likeness (QED) is 0.552. The SMILES string of the molecule is COC(=O)c1cccc(S(=O)(=O)N(CC2CCCO2)CC2C=c3c(C)ccc(C)c3=NC2=O)c1. The first kappa shape index (κ1) is 24.3. The van der Waals surface area contributed by atoms with Crippen LogP contribution in [0, 0.1) is 19.8 Å². The van der Waals surface area contributed by atoms with E-state index >= 15 is 0 Å². The van der Waals surface area contributed by atoms with E-state index in [0.29, 0.717) is 12.0 Å². The number of hydrogen-bond donors (Lipinski definition) is 0. The summed E-state index contributed by atoms with van der Waals surface area (Å²) in [5, 5.41) is 1.49. The molecule has 34 heavy (non-hydrogen) atoms. The first-order valence-electron chi connectivity index (χ1n) is 11.2. The number of carbonyl (C=O) groups is 2. The standard InChI is InChI=1S/C25H28N2O6S/c1-16-9-10-17(2)23-22(16)13-19(24(28)26-23)14-27(15-20-7-5-11-33-20)34(30,31)21-8-4-6-18(12-21)25(29)32-3/h4,6,8-10,12-13,19-20H,5,7,11,14-15H2,1-3H3. The zero-order valence-electron chi connectivity index (χ0n) is 19.5. The summed E-state index contributed by atoms with van der Waals surface area (Å²) in [5.41, 5.74) is 2.00. The molecule has 0 bridgehead atoms. The predicted octanol–water partition coefficient (Wildman–Crippen LogP) is 1.52. The number of ether oxygens (including phenoxy) is 2. The maximum Gasteiger partial charge on any atom is 0.337 e. The number of benzene rings is 2. The minimum Gasteiger partial charge on any atom is -0.465 e. The molecule has 0 aromatic heterocycles. The molecular formula is C25H28N2O6S. The number of hydrogen-bond acceptors (Lipinski definition) is 6. The Kier molecular flexibility index (Phi) is 6.97. The van der Waals surface area contributed by atoms with Gasteiger partial charge in [0.15, 0.2) is 0 Å². The molecule has 2 aliphatic heterocycles. The second-order valence-corrected chi connectivity index (χ2v) is 10.6. The van der Waals surface area contributed by atoms with Crippen LogP contribution in [0.1, 0.15) is 34.3 Å². The molecule has 0 N–H and O–H groups in total. The van der Waals surface area contributed by atoms with Crippen LogP contribution < -0.4 is 10.6 Å². The first-order chi connectivity index (χ1) is 16.2. The van der Waals surface area contributed by atoms with Gasteiger partial charge in [-0.05, 0) is 56.0 Å². The third-order valence-electron chi connectivity index (χ3n) is 6.27. The fraction of sp³-hybridized carbons (Fsp3) is 0.400. The zero-order valence-corrected chi connectivity index (χ0v) is 20.3. The summed E-state index contributed by atoms with van der Waals surface area (Å²) in [5.74, 6) is -1.73. The molecule has 8 nitrogen and oxygen atoms in total. The zero-order chi connectivity index (χ0) is 24.5. The van der Waals surface area contributed by atoms with Gasteiger partial charge in [-0.15, -0.1) is 0 Å². The lowest BCUT2D eigenvalue weighted by Crippen LogP contribution is -2.45. The Morgan fingerprint density at radius 3 is 2.65 bits per heavy atom. The molecule has 4 rings (SSSR count). The van der Waals surface area contributed by atoms with E-state index in [9.17, 15) is 18.0 Å². The van der Waals surface area contributed by atoms with Crippen LogP contribution in [-0.4, -0.2) is 57.5 Å². The normalized spacial score (nSPS) is 19.9. The molecule has 1 amide bonds. The van der Waals surface area contributed by atoms with Crippen LogP contribution in [0.25, 0.3) is 6.08 Å². The highest BCUT2D eigenvalue weighted by molar-refractivity contribution is 7.89. The molecule has 9 heteroatoms. The summed E-state index contributed by atoms with van der Waals surface area (Å²) in [4.78, 5) is 29.1. The fourth-order valence-corrected chi connectivity index (χ4v) is 5.87. The lowest BCUT2D eigenvalue weighted by atomic mass is 9.99. The number of rotatable bonds is 7. The Morgan fingerprint density at radius 1 is 1.18 bits per heavy atom. The average molecular weight is 485 g/mol. The maximum atomic E-state index is 13.7. The lowest BCUT2D eigenvalue weighted by Gasteiger charge is -2.27. The van der Waals surface area contributed by atoms with E-state index in [4.69, 9.17) is 9.47 Å².